The zero-order valence-corrected chi connectivity index (χ0v) is 11.3. The molecule has 2 heterocycles. The minimum absolute atomic E-state index is 0.0217. The molecule has 0 aliphatic carbocycles. The SMILES string of the molecule is CCCNC(c1cncc(OCC)c1)c1cn[nH]n1. The summed E-state index contributed by atoms with van der Waals surface area (Å²) in [6.07, 6.45) is 6.31. The Morgan fingerprint density at radius 2 is 2.21 bits per heavy atom. The highest BCUT2D eigenvalue weighted by Crippen LogP contribution is 2.22. The van der Waals surface area contributed by atoms with Crippen LogP contribution in [0.15, 0.2) is 24.7 Å². The molecule has 6 heteroatoms. The number of nitrogens with zero attached hydrogens (tertiary/aromatic N) is 3. The van der Waals surface area contributed by atoms with Crippen molar-refractivity contribution in [1.82, 2.24) is 25.7 Å². The Morgan fingerprint density at radius 3 is 2.89 bits per heavy atom. The highest BCUT2D eigenvalue weighted by atomic mass is 16.5. The van der Waals surface area contributed by atoms with Crippen LogP contribution in [-0.2, 0) is 0 Å². The molecule has 1 atom stereocenters. The average Bonchev–Trinajstić information content (AvgIpc) is 2.94. The van der Waals surface area contributed by atoms with Crippen LogP contribution < -0.4 is 10.1 Å². The molecule has 0 saturated heterocycles. The van der Waals surface area contributed by atoms with E-state index in [4.69, 9.17) is 4.74 Å². The fraction of sp³-hybridized carbons (Fsp3) is 0.462. The molecule has 0 saturated carbocycles. The van der Waals surface area contributed by atoms with Crippen LogP contribution in [-0.4, -0.2) is 33.5 Å². The standard InChI is InChI=1S/C13H19N5O/c1-3-5-15-13(12-9-16-18-17-12)10-6-11(19-4-2)8-14-7-10/h6-9,13,15H,3-5H2,1-2H3,(H,16,17,18). The van der Waals surface area contributed by atoms with Crippen LogP contribution in [0.4, 0.5) is 0 Å². The van der Waals surface area contributed by atoms with Crippen LogP contribution in [0.3, 0.4) is 0 Å². The molecule has 102 valence electrons. The molecule has 0 radical (unpaired) electrons. The number of aromatic nitrogens is 4. The lowest BCUT2D eigenvalue weighted by atomic mass is 10.1. The Bertz CT molecular complexity index is 486. The second-order valence-electron chi connectivity index (χ2n) is 4.17. The van der Waals surface area contributed by atoms with Gasteiger partial charge in [-0.1, -0.05) is 6.92 Å². The van der Waals surface area contributed by atoms with Gasteiger partial charge in [-0.2, -0.15) is 15.4 Å². The topological polar surface area (TPSA) is 75.7 Å². The van der Waals surface area contributed by atoms with Gasteiger partial charge in [0.1, 0.15) is 11.4 Å². The quantitative estimate of drug-likeness (QED) is 0.793. The van der Waals surface area contributed by atoms with E-state index in [0.29, 0.717) is 6.61 Å². The third-order valence-corrected chi connectivity index (χ3v) is 2.71. The lowest BCUT2D eigenvalue weighted by Crippen LogP contribution is -2.23. The van der Waals surface area contributed by atoms with Crippen molar-refractivity contribution in [3.05, 3.63) is 35.9 Å². The van der Waals surface area contributed by atoms with Crippen LogP contribution in [0.25, 0.3) is 0 Å². The van der Waals surface area contributed by atoms with Gasteiger partial charge >= 0.3 is 0 Å². The Kier molecular flexibility index (Phi) is 4.85. The van der Waals surface area contributed by atoms with Gasteiger partial charge in [0.05, 0.1) is 25.0 Å². The maximum absolute atomic E-state index is 5.48. The van der Waals surface area contributed by atoms with E-state index in [9.17, 15) is 0 Å². The molecule has 2 aromatic rings. The number of rotatable bonds is 7. The first-order chi connectivity index (χ1) is 9.35. The molecule has 0 aliphatic heterocycles. The number of hydrogen-bond donors (Lipinski definition) is 2. The Labute approximate surface area is 112 Å². The Balaban J connectivity index is 2.24. The third kappa shape index (κ3) is 3.51. The molecule has 0 spiro atoms. The smallest absolute Gasteiger partial charge is 0.137 e. The van der Waals surface area contributed by atoms with Crippen molar-refractivity contribution in [2.24, 2.45) is 0 Å². The van der Waals surface area contributed by atoms with Gasteiger partial charge in [-0.15, -0.1) is 0 Å². The van der Waals surface area contributed by atoms with Crippen molar-refractivity contribution in [1.29, 1.82) is 0 Å². The summed E-state index contributed by atoms with van der Waals surface area (Å²) in [5, 5.41) is 14.1. The van der Waals surface area contributed by atoms with Gasteiger partial charge in [-0.3, -0.25) is 4.98 Å². The first-order valence-corrected chi connectivity index (χ1v) is 6.52. The summed E-state index contributed by atoms with van der Waals surface area (Å²) in [4.78, 5) is 4.22. The van der Waals surface area contributed by atoms with Crippen molar-refractivity contribution in [3.8, 4) is 5.75 Å². The predicted molar refractivity (Wildman–Crippen MR) is 71.9 cm³/mol. The molecule has 0 bridgehead atoms. The van der Waals surface area contributed by atoms with Crippen LogP contribution in [0.1, 0.15) is 37.6 Å². The van der Waals surface area contributed by atoms with Crippen LogP contribution in [0.5, 0.6) is 5.75 Å². The minimum atomic E-state index is -0.0217. The fourth-order valence-corrected chi connectivity index (χ4v) is 1.87. The lowest BCUT2D eigenvalue weighted by Gasteiger charge is -2.16. The molecule has 0 fully saturated rings. The van der Waals surface area contributed by atoms with E-state index in [2.05, 4.69) is 32.6 Å². The summed E-state index contributed by atoms with van der Waals surface area (Å²) in [6, 6.07) is 1.96. The number of H-pyrrole nitrogens is 1. The number of aromatic amines is 1. The van der Waals surface area contributed by atoms with E-state index in [1.165, 1.54) is 0 Å². The van der Waals surface area contributed by atoms with Crippen molar-refractivity contribution in [2.75, 3.05) is 13.2 Å². The summed E-state index contributed by atoms with van der Waals surface area (Å²) in [5.74, 6) is 0.770. The molecule has 19 heavy (non-hydrogen) atoms. The van der Waals surface area contributed by atoms with E-state index in [-0.39, 0.29) is 6.04 Å². The zero-order chi connectivity index (χ0) is 13.5. The van der Waals surface area contributed by atoms with E-state index < -0.39 is 0 Å². The number of nitrogens with one attached hydrogen (secondary N) is 2. The third-order valence-electron chi connectivity index (χ3n) is 2.71. The average molecular weight is 261 g/mol. The number of ether oxygens (including phenoxy) is 1. The highest BCUT2D eigenvalue weighted by Gasteiger charge is 2.17. The summed E-state index contributed by atoms with van der Waals surface area (Å²) >= 11 is 0. The molecule has 1 unspecified atom stereocenters. The fourth-order valence-electron chi connectivity index (χ4n) is 1.87. The minimum Gasteiger partial charge on any atom is -0.492 e. The predicted octanol–water partition coefficient (Wildman–Crippen LogP) is 1.69. The van der Waals surface area contributed by atoms with Crippen LogP contribution in [0.2, 0.25) is 0 Å². The van der Waals surface area contributed by atoms with E-state index in [1.807, 2.05) is 19.2 Å². The maximum Gasteiger partial charge on any atom is 0.137 e. The normalized spacial score (nSPS) is 12.3. The van der Waals surface area contributed by atoms with Crippen molar-refractivity contribution in [3.63, 3.8) is 0 Å². The zero-order valence-electron chi connectivity index (χ0n) is 11.3. The Morgan fingerprint density at radius 1 is 1.32 bits per heavy atom. The molecule has 2 N–H and O–H groups in total. The van der Waals surface area contributed by atoms with Gasteiger partial charge < -0.3 is 10.1 Å². The van der Waals surface area contributed by atoms with E-state index in [0.717, 1.165) is 30.0 Å². The van der Waals surface area contributed by atoms with E-state index in [1.54, 1.807) is 12.4 Å². The molecule has 6 nitrogen and oxygen atoms in total. The molecule has 0 aliphatic rings. The van der Waals surface area contributed by atoms with Gasteiger partial charge in [0.2, 0.25) is 0 Å². The highest BCUT2D eigenvalue weighted by molar-refractivity contribution is 5.30. The van der Waals surface area contributed by atoms with Gasteiger partial charge in [0.25, 0.3) is 0 Å². The second kappa shape index (κ2) is 6.84. The summed E-state index contributed by atoms with van der Waals surface area (Å²) in [5.41, 5.74) is 1.87. The van der Waals surface area contributed by atoms with Crippen molar-refractivity contribution >= 4 is 0 Å². The maximum atomic E-state index is 5.48. The Hall–Kier alpha value is -1.95. The van der Waals surface area contributed by atoms with Crippen molar-refractivity contribution < 1.29 is 4.74 Å². The van der Waals surface area contributed by atoms with Gasteiger partial charge in [0, 0.05) is 6.20 Å². The summed E-state index contributed by atoms with van der Waals surface area (Å²) in [6.45, 7) is 5.61. The first-order valence-electron chi connectivity index (χ1n) is 6.52. The number of pyridine rings is 1. The van der Waals surface area contributed by atoms with Crippen molar-refractivity contribution in [2.45, 2.75) is 26.3 Å². The second-order valence-corrected chi connectivity index (χ2v) is 4.17. The summed E-state index contributed by atoms with van der Waals surface area (Å²) in [7, 11) is 0. The van der Waals surface area contributed by atoms with Crippen LogP contribution in [0, 0.1) is 0 Å². The van der Waals surface area contributed by atoms with E-state index >= 15 is 0 Å². The molecule has 2 aromatic heterocycles. The molecule has 0 aromatic carbocycles. The molecule has 0 amide bonds. The molecule has 2 rings (SSSR count). The molecular weight excluding hydrogens is 242 g/mol. The first kappa shape index (κ1) is 13.5. The van der Waals surface area contributed by atoms with Gasteiger partial charge in [-0.05, 0) is 31.5 Å². The van der Waals surface area contributed by atoms with Crippen LogP contribution >= 0.6 is 0 Å². The van der Waals surface area contributed by atoms with Gasteiger partial charge in [0.15, 0.2) is 0 Å². The largest absolute Gasteiger partial charge is 0.492 e. The lowest BCUT2D eigenvalue weighted by molar-refractivity contribution is 0.338. The summed E-state index contributed by atoms with van der Waals surface area (Å²) < 4.78 is 5.48. The number of hydrogen-bond acceptors (Lipinski definition) is 5. The van der Waals surface area contributed by atoms with Gasteiger partial charge in [-0.25, -0.2) is 0 Å². The molecular formula is C13H19N5O. The monoisotopic (exact) mass is 261 g/mol.